The molecule has 1 N–H and O–H groups in total. The normalized spacial score (nSPS) is 15.4. The summed E-state index contributed by atoms with van der Waals surface area (Å²) in [7, 11) is 0. The van der Waals surface area contributed by atoms with Crippen LogP contribution in [-0.4, -0.2) is 42.6 Å². The Labute approximate surface area is 177 Å². The quantitative estimate of drug-likeness (QED) is 0.796. The SMILES string of the molecule is CCCNC(=O)C1=Cc2ccc(-c3ccc(C(=O)N4CCCC4)cc3)cc2N=CC1. The molecule has 0 unspecified atom stereocenters. The summed E-state index contributed by atoms with van der Waals surface area (Å²) in [5.74, 6) is 0.0862. The van der Waals surface area contributed by atoms with Gasteiger partial charge in [0.1, 0.15) is 0 Å². The molecule has 2 aliphatic heterocycles. The van der Waals surface area contributed by atoms with Crippen molar-refractivity contribution in [2.75, 3.05) is 19.6 Å². The third-order valence-corrected chi connectivity index (χ3v) is 5.59. The van der Waals surface area contributed by atoms with Gasteiger partial charge in [-0.3, -0.25) is 14.6 Å². The summed E-state index contributed by atoms with van der Waals surface area (Å²) >= 11 is 0. The van der Waals surface area contributed by atoms with E-state index in [-0.39, 0.29) is 11.8 Å². The average molecular weight is 402 g/mol. The highest BCUT2D eigenvalue weighted by Gasteiger charge is 2.19. The van der Waals surface area contributed by atoms with Crippen LogP contribution in [0.2, 0.25) is 0 Å². The molecule has 0 radical (unpaired) electrons. The van der Waals surface area contributed by atoms with Gasteiger partial charge in [0.05, 0.1) is 5.69 Å². The van der Waals surface area contributed by atoms with Crippen molar-refractivity contribution in [1.82, 2.24) is 10.2 Å². The van der Waals surface area contributed by atoms with E-state index in [1.54, 1.807) is 6.21 Å². The molecule has 0 atom stereocenters. The van der Waals surface area contributed by atoms with Crippen LogP contribution in [0.25, 0.3) is 17.2 Å². The summed E-state index contributed by atoms with van der Waals surface area (Å²) in [6.07, 6.45) is 7.34. The van der Waals surface area contributed by atoms with E-state index < -0.39 is 0 Å². The van der Waals surface area contributed by atoms with Crippen molar-refractivity contribution in [1.29, 1.82) is 0 Å². The largest absolute Gasteiger partial charge is 0.352 e. The van der Waals surface area contributed by atoms with E-state index in [1.807, 2.05) is 60.4 Å². The molecular formula is C25H27N3O2. The maximum atomic E-state index is 12.5. The minimum absolute atomic E-state index is 0.0292. The Morgan fingerprint density at radius 3 is 2.50 bits per heavy atom. The summed E-state index contributed by atoms with van der Waals surface area (Å²) in [4.78, 5) is 31.4. The molecule has 4 rings (SSSR count). The molecule has 30 heavy (non-hydrogen) atoms. The first-order valence-electron chi connectivity index (χ1n) is 10.7. The lowest BCUT2D eigenvalue weighted by Crippen LogP contribution is -2.27. The Bertz CT molecular complexity index is 1000. The Morgan fingerprint density at radius 1 is 1.03 bits per heavy atom. The topological polar surface area (TPSA) is 61.8 Å². The average Bonchev–Trinajstić information content (AvgIpc) is 3.23. The van der Waals surface area contributed by atoms with Crippen LogP contribution in [0.4, 0.5) is 5.69 Å². The Kier molecular flexibility index (Phi) is 6.07. The van der Waals surface area contributed by atoms with Gasteiger partial charge in [-0.2, -0.15) is 0 Å². The number of carbonyl (C=O) groups is 2. The van der Waals surface area contributed by atoms with Crippen LogP contribution in [0.3, 0.4) is 0 Å². The van der Waals surface area contributed by atoms with Crippen LogP contribution in [0, 0.1) is 0 Å². The summed E-state index contributed by atoms with van der Waals surface area (Å²) < 4.78 is 0. The maximum Gasteiger partial charge on any atom is 0.253 e. The highest BCUT2D eigenvalue weighted by Crippen LogP contribution is 2.31. The number of nitrogens with zero attached hydrogens (tertiary/aromatic N) is 2. The molecule has 0 bridgehead atoms. The molecule has 2 heterocycles. The molecule has 5 nitrogen and oxygen atoms in total. The second-order valence-electron chi connectivity index (χ2n) is 7.79. The number of hydrogen-bond donors (Lipinski definition) is 1. The van der Waals surface area contributed by atoms with Crippen molar-refractivity contribution in [2.45, 2.75) is 32.6 Å². The fraction of sp³-hybridized carbons (Fsp3) is 0.320. The zero-order chi connectivity index (χ0) is 20.9. The van der Waals surface area contributed by atoms with E-state index >= 15 is 0 Å². The molecule has 1 fully saturated rings. The van der Waals surface area contributed by atoms with E-state index in [9.17, 15) is 9.59 Å². The Morgan fingerprint density at radius 2 is 1.77 bits per heavy atom. The van der Waals surface area contributed by atoms with Gasteiger partial charge in [0.2, 0.25) is 5.91 Å². The number of rotatable bonds is 5. The van der Waals surface area contributed by atoms with Crippen molar-refractivity contribution in [3.63, 3.8) is 0 Å². The fourth-order valence-electron chi connectivity index (χ4n) is 3.86. The molecule has 154 valence electrons. The number of carbonyl (C=O) groups excluding carboxylic acids is 2. The third kappa shape index (κ3) is 4.35. The first-order valence-corrected chi connectivity index (χ1v) is 10.7. The van der Waals surface area contributed by atoms with E-state index in [0.29, 0.717) is 13.0 Å². The predicted molar refractivity (Wildman–Crippen MR) is 121 cm³/mol. The van der Waals surface area contributed by atoms with Crippen molar-refractivity contribution < 1.29 is 9.59 Å². The fourth-order valence-corrected chi connectivity index (χ4v) is 3.86. The van der Waals surface area contributed by atoms with Crippen LogP contribution in [0.15, 0.2) is 53.0 Å². The number of hydrogen-bond acceptors (Lipinski definition) is 3. The highest BCUT2D eigenvalue weighted by molar-refractivity contribution is 6.02. The van der Waals surface area contributed by atoms with E-state index in [0.717, 1.165) is 65.9 Å². The van der Waals surface area contributed by atoms with Crippen molar-refractivity contribution in [3.8, 4) is 11.1 Å². The van der Waals surface area contributed by atoms with Crippen LogP contribution in [0.5, 0.6) is 0 Å². The number of benzene rings is 2. The lowest BCUT2D eigenvalue weighted by Gasteiger charge is -2.15. The van der Waals surface area contributed by atoms with Gasteiger partial charge in [0, 0.05) is 49.0 Å². The monoisotopic (exact) mass is 401 g/mol. The van der Waals surface area contributed by atoms with Crippen molar-refractivity contribution >= 4 is 29.8 Å². The third-order valence-electron chi connectivity index (χ3n) is 5.59. The van der Waals surface area contributed by atoms with E-state index in [2.05, 4.69) is 10.3 Å². The molecule has 0 saturated carbocycles. The van der Waals surface area contributed by atoms with Gasteiger partial charge in [-0.25, -0.2) is 0 Å². The zero-order valence-electron chi connectivity index (χ0n) is 17.4. The Hall–Kier alpha value is -3.21. The second-order valence-corrected chi connectivity index (χ2v) is 7.79. The number of likely N-dealkylation sites (tertiary alicyclic amines) is 1. The number of amides is 2. The number of nitrogens with one attached hydrogen (secondary N) is 1. The highest BCUT2D eigenvalue weighted by atomic mass is 16.2. The summed E-state index contributed by atoms with van der Waals surface area (Å²) in [5.41, 5.74) is 5.33. The lowest BCUT2D eigenvalue weighted by molar-refractivity contribution is -0.117. The smallest absolute Gasteiger partial charge is 0.253 e. The molecule has 1 saturated heterocycles. The summed E-state index contributed by atoms with van der Waals surface area (Å²) in [6.45, 7) is 4.43. The number of aliphatic imine (C=N–C) groups is 1. The molecule has 0 spiro atoms. The van der Waals surface area contributed by atoms with Crippen LogP contribution in [-0.2, 0) is 4.79 Å². The van der Waals surface area contributed by atoms with Gasteiger partial charge < -0.3 is 10.2 Å². The zero-order valence-corrected chi connectivity index (χ0v) is 17.4. The first-order chi connectivity index (χ1) is 14.7. The van der Waals surface area contributed by atoms with Gasteiger partial charge in [-0.05, 0) is 54.7 Å². The molecule has 2 aromatic rings. The number of fused-ring (bicyclic) bond motifs is 1. The van der Waals surface area contributed by atoms with E-state index in [4.69, 9.17) is 0 Å². The van der Waals surface area contributed by atoms with Crippen molar-refractivity contribution in [2.24, 2.45) is 4.99 Å². The van der Waals surface area contributed by atoms with Crippen LogP contribution < -0.4 is 5.32 Å². The molecule has 2 aromatic carbocycles. The summed E-state index contributed by atoms with van der Waals surface area (Å²) in [5, 5.41) is 2.93. The van der Waals surface area contributed by atoms with Gasteiger partial charge in [0.25, 0.3) is 5.91 Å². The summed E-state index contributed by atoms with van der Waals surface area (Å²) in [6, 6.07) is 13.9. The molecule has 0 aliphatic carbocycles. The standard InChI is InChI=1S/C25H27N3O2/c1-2-12-27-24(29)22-11-13-26-23-17-20(9-10-21(23)16-22)18-5-7-19(8-6-18)25(30)28-14-3-4-15-28/h5-10,13,16-17H,2-4,11-12,14-15H2,1H3,(H,27,29). The molecule has 0 aromatic heterocycles. The van der Waals surface area contributed by atoms with Gasteiger partial charge in [-0.1, -0.05) is 31.2 Å². The second kappa shape index (κ2) is 9.08. The lowest BCUT2D eigenvalue weighted by atomic mass is 10.00. The van der Waals surface area contributed by atoms with E-state index in [1.165, 1.54) is 0 Å². The van der Waals surface area contributed by atoms with Gasteiger partial charge >= 0.3 is 0 Å². The van der Waals surface area contributed by atoms with Gasteiger partial charge in [-0.15, -0.1) is 0 Å². The van der Waals surface area contributed by atoms with Crippen LogP contribution in [0.1, 0.15) is 48.5 Å². The predicted octanol–water partition coefficient (Wildman–Crippen LogP) is 4.61. The first kappa shape index (κ1) is 20.1. The molecular weight excluding hydrogens is 374 g/mol. The maximum absolute atomic E-state index is 12.5. The van der Waals surface area contributed by atoms with Crippen molar-refractivity contribution in [3.05, 3.63) is 59.2 Å². The van der Waals surface area contributed by atoms with Gasteiger partial charge in [0.15, 0.2) is 0 Å². The Balaban J connectivity index is 1.54. The molecule has 2 amide bonds. The minimum Gasteiger partial charge on any atom is -0.352 e. The molecule has 5 heteroatoms. The van der Waals surface area contributed by atoms with Crippen LogP contribution >= 0.6 is 0 Å². The minimum atomic E-state index is -0.0292. The molecule has 2 aliphatic rings.